The van der Waals surface area contributed by atoms with E-state index in [-0.39, 0.29) is 45.5 Å². The molecule has 0 spiro atoms. The van der Waals surface area contributed by atoms with Crippen molar-refractivity contribution in [1.29, 1.82) is 15.8 Å². The third-order valence-electron chi connectivity index (χ3n) is 16.1. The number of ether oxygens (including phenoxy) is 2. The summed E-state index contributed by atoms with van der Waals surface area (Å²) in [5, 5.41) is 39.1. The molecule has 3 aromatic heterocycles. The molecule has 92 heavy (non-hydrogen) atoms. The molecule has 0 bridgehead atoms. The smallest absolute Gasteiger partial charge is 0.410 e. The van der Waals surface area contributed by atoms with Crippen LogP contribution in [0.1, 0.15) is 109 Å². The minimum Gasteiger partial charge on any atom is -0.444 e. The van der Waals surface area contributed by atoms with E-state index in [0.29, 0.717) is 56.9 Å². The van der Waals surface area contributed by atoms with Crippen LogP contribution in [0.25, 0.3) is 0 Å². The van der Waals surface area contributed by atoms with Crippen LogP contribution in [0.2, 0.25) is 0 Å². The van der Waals surface area contributed by atoms with Gasteiger partial charge in [-0.1, -0.05) is 95.9 Å². The van der Waals surface area contributed by atoms with E-state index in [2.05, 4.69) is 117 Å². The zero-order valence-corrected chi connectivity index (χ0v) is 57.2. The molecule has 3 atom stereocenters. The summed E-state index contributed by atoms with van der Waals surface area (Å²) in [4.78, 5) is 76.6. The molecule has 0 unspecified atom stereocenters. The molecule has 4 N–H and O–H groups in total. The fourth-order valence-corrected chi connectivity index (χ4v) is 12.9. The van der Waals surface area contributed by atoms with E-state index in [1.807, 2.05) is 72.4 Å². The maximum Gasteiger partial charge on any atom is 0.410 e. The lowest BCUT2D eigenvalue weighted by molar-refractivity contribution is 0.0134. The van der Waals surface area contributed by atoms with E-state index >= 15 is 0 Å². The summed E-state index contributed by atoms with van der Waals surface area (Å²) in [5.74, 6) is 1.90. The second kappa shape index (κ2) is 34.2. The topological polar surface area (TPSA) is 277 Å². The van der Waals surface area contributed by atoms with Gasteiger partial charge in [0.05, 0.1) is 66.6 Å². The summed E-state index contributed by atoms with van der Waals surface area (Å²) in [7, 11) is 0. The van der Waals surface area contributed by atoms with Crippen molar-refractivity contribution in [3.05, 3.63) is 116 Å². The number of hydrogen-bond acceptors (Lipinski definition) is 23. The highest BCUT2D eigenvalue weighted by Gasteiger charge is 2.38. The summed E-state index contributed by atoms with van der Waals surface area (Å²) < 4.78 is 11.2. The molecule has 6 aliphatic rings. The summed E-state index contributed by atoms with van der Waals surface area (Å²) in [6.07, 6.45) is 8.85. The largest absolute Gasteiger partial charge is 0.444 e. The molecule has 23 nitrogen and oxygen atoms in total. The molecule has 0 aliphatic carbocycles. The van der Waals surface area contributed by atoms with E-state index in [1.54, 1.807) is 21.6 Å². The van der Waals surface area contributed by atoms with E-state index < -0.39 is 11.2 Å². The highest BCUT2D eigenvalue weighted by atomic mass is 32.2. The highest BCUT2D eigenvalue weighted by molar-refractivity contribution is 7.98. The van der Waals surface area contributed by atoms with E-state index in [4.69, 9.17) is 29.7 Å². The van der Waals surface area contributed by atoms with Crippen LogP contribution in [0.5, 0.6) is 0 Å². The van der Waals surface area contributed by atoms with E-state index in [9.17, 15) is 24.9 Å². The van der Waals surface area contributed by atoms with Crippen LogP contribution >= 0.6 is 35.3 Å². The van der Waals surface area contributed by atoms with Crippen molar-refractivity contribution in [2.45, 2.75) is 158 Å². The van der Waals surface area contributed by atoms with Gasteiger partial charge in [-0.05, 0) is 97.2 Å². The lowest BCUT2D eigenvalue weighted by atomic mass is 10.0. The van der Waals surface area contributed by atoms with Gasteiger partial charge in [-0.3, -0.25) is 14.6 Å². The lowest BCUT2D eigenvalue weighted by Crippen LogP contribution is -2.56. The maximum atomic E-state index is 12.8. The Hall–Kier alpha value is -7.06. The Labute approximate surface area is 558 Å². The number of anilines is 2. The predicted molar refractivity (Wildman–Crippen MR) is 366 cm³/mol. The molecule has 3 saturated heterocycles. The number of nitriles is 3. The first kappa shape index (κ1) is 70.8. The molecule has 496 valence electrons. The number of carbonyl (C=O) groups is 2. The van der Waals surface area contributed by atoms with Crippen molar-refractivity contribution in [1.82, 2.24) is 65.5 Å². The van der Waals surface area contributed by atoms with Gasteiger partial charge in [0.2, 0.25) is 0 Å². The average Bonchev–Trinajstić information content (AvgIpc) is 0.793. The quantitative estimate of drug-likeness (QED) is 0.0675. The minimum atomic E-state index is -0.573. The number of nitrogens with zero attached hydrogens (tertiary/aromatic N) is 14. The Morgan fingerprint density at radius 2 is 1.08 bits per heavy atom. The summed E-state index contributed by atoms with van der Waals surface area (Å²) in [6, 6.07) is 27.4. The number of hydrogen-bond donors (Lipinski definition) is 4. The first-order valence-electron chi connectivity index (χ1n) is 31.6. The van der Waals surface area contributed by atoms with Gasteiger partial charge in [0.1, 0.15) is 22.8 Å². The Balaban J connectivity index is 0.000000212. The van der Waals surface area contributed by atoms with Crippen molar-refractivity contribution in [3.8, 4) is 18.2 Å². The molecule has 11 rings (SSSR count). The molecule has 5 aromatic rings. The summed E-state index contributed by atoms with van der Waals surface area (Å²) >= 11 is 4.55. The number of amides is 2. The van der Waals surface area contributed by atoms with Crippen molar-refractivity contribution in [2.75, 3.05) is 107 Å². The minimum absolute atomic E-state index is 0. The second-order valence-corrected chi connectivity index (χ2v) is 27.6. The number of piperazine rings is 3. The van der Waals surface area contributed by atoms with Gasteiger partial charge in [-0.15, -0.1) is 0 Å². The number of fused-ring (bicyclic) bond motifs is 3. The number of carbonyl (C=O) groups excluding carboxylic acids is 2. The SMILES string of the molecule is CSc1nc2c(c(=O)[nH]1)CCN(Cc1ccccc1)C2.CSc1nc2c(c(N3CCN(C(=O)OC(C)(C)C)[C@@H](CC#N)C3)n1)CCN(Cc1ccccc1)C2.CSc1nc2c(c(N3CCN(C(=O)OC(C)(C)C)[C@@H](CC#N)C3)n1)CCNC2.N#CC[C@H]1CNCCN1.[HH].[HH]. The van der Waals surface area contributed by atoms with E-state index in [0.717, 1.165) is 136 Å². The van der Waals surface area contributed by atoms with Gasteiger partial charge in [0.15, 0.2) is 15.5 Å². The maximum absolute atomic E-state index is 12.8. The molecule has 2 aromatic carbocycles. The first-order valence-corrected chi connectivity index (χ1v) is 35.3. The Bertz CT molecular complexity index is 3450. The van der Waals surface area contributed by atoms with Crippen LogP contribution in [0.3, 0.4) is 0 Å². The van der Waals surface area contributed by atoms with Crippen LogP contribution in [0.4, 0.5) is 21.2 Å². The monoisotopic (exact) mass is 1310 g/mol. The van der Waals surface area contributed by atoms with Crippen LogP contribution in [-0.4, -0.2) is 188 Å². The summed E-state index contributed by atoms with van der Waals surface area (Å²) in [5.41, 5.74) is 7.77. The molecule has 2 amide bonds. The second-order valence-electron chi connectivity index (χ2n) is 25.2. The molecule has 6 aliphatic heterocycles. The van der Waals surface area contributed by atoms with Gasteiger partial charge in [-0.25, -0.2) is 34.5 Å². The number of rotatable bonds is 12. The third kappa shape index (κ3) is 20.5. The predicted octanol–water partition coefficient (Wildman–Crippen LogP) is 8.28. The van der Waals surface area contributed by atoms with Crippen molar-refractivity contribution >= 4 is 59.1 Å². The summed E-state index contributed by atoms with van der Waals surface area (Å²) in [6.45, 7) is 24.4. The molecular weight excluding hydrogens is 1220 g/mol. The average molecular weight is 1320 g/mol. The van der Waals surface area contributed by atoms with Gasteiger partial charge in [-0.2, -0.15) is 15.8 Å². The number of thioether (sulfide) groups is 3. The standard InChI is InChI=1S/C26H34N6O2S.C19H28N6O2S.C15H17N3OS.C6H11N3.2H2/c1-26(2,3)34-25(33)32-15-14-31(17-20(32)10-12-27)23-21-11-13-30(16-19-8-6-5-7-9-19)18-22(21)28-24(29-23)35-4;1-19(2,3)27-18(26)25-10-9-24(12-13(25)5-7-20)16-14-6-8-21-11-15(14)22-17(23-16)28-4;1-20-15-16-13-10-18(8-7-12(13)14(19)17-15)9-11-5-3-2-4-6-11;7-2-1-6-5-8-3-4-9-6;;/h5-9,20H,10-11,13-18H2,1-4H3;13,21H,5-6,8-12H2,1-4H3;2-6H,7-10H2,1H3,(H,16,17,19);6,8-9H,1,3-5H2;2*1H/t20-;13-;;6-;;/m00.0../s1. The Morgan fingerprint density at radius 1 is 0.587 bits per heavy atom. The molecule has 26 heteroatoms. The number of H-pyrrole nitrogens is 1. The van der Waals surface area contributed by atoms with Gasteiger partial charge in [0.25, 0.3) is 5.56 Å². The van der Waals surface area contributed by atoms with Gasteiger partial charge in [0, 0.05) is 130 Å². The van der Waals surface area contributed by atoms with Crippen molar-refractivity contribution < 1.29 is 21.9 Å². The zero-order chi connectivity index (χ0) is 65.8. The van der Waals surface area contributed by atoms with E-state index in [1.165, 1.54) is 45.8 Å². The number of nitrogens with one attached hydrogen (secondary N) is 4. The molecule has 3 fully saturated rings. The van der Waals surface area contributed by atoms with Crippen LogP contribution in [-0.2, 0) is 61.5 Å². The third-order valence-corrected chi connectivity index (χ3v) is 17.8. The number of aromatic amines is 1. The molecular formula is C66H94N18O5S3. The molecule has 9 heterocycles. The zero-order valence-electron chi connectivity index (χ0n) is 54.8. The van der Waals surface area contributed by atoms with Crippen molar-refractivity contribution in [2.24, 2.45) is 0 Å². The highest BCUT2D eigenvalue weighted by Crippen LogP contribution is 2.33. The number of benzene rings is 2. The van der Waals surface area contributed by atoms with Crippen molar-refractivity contribution in [3.63, 3.8) is 0 Å². The lowest BCUT2D eigenvalue weighted by Gasteiger charge is -2.42. The Morgan fingerprint density at radius 3 is 1.54 bits per heavy atom. The fraction of sp³-hybridized carbons (Fsp3) is 0.561. The normalized spacial score (nSPS) is 19.0. The fourth-order valence-electron chi connectivity index (χ4n) is 11.7. The first-order chi connectivity index (χ1) is 44.3. The molecule has 0 saturated carbocycles. The van der Waals surface area contributed by atoms with Crippen LogP contribution in [0, 0.1) is 34.0 Å². The van der Waals surface area contributed by atoms with Crippen LogP contribution in [0.15, 0.2) is 80.9 Å². The number of aromatic nitrogens is 6. The molecule has 0 radical (unpaired) electrons. The van der Waals surface area contributed by atoms with Crippen LogP contribution < -0.4 is 31.3 Å². The van der Waals surface area contributed by atoms with Gasteiger partial charge < -0.3 is 50.0 Å². The Kier molecular flexibility index (Phi) is 26.3. The van der Waals surface area contributed by atoms with Gasteiger partial charge >= 0.3 is 12.2 Å².